The maximum atomic E-state index is 10.9. The highest BCUT2D eigenvalue weighted by Crippen LogP contribution is 2.46. The van der Waals surface area contributed by atoms with Crippen molar-refractivity contribution in [2.45, 2.75) is 63.8 Å². The average Bonchev–Trinajstić information content (AvgIpc) is 2.44. The molecule has 1 aromatic rings. The number of nitrogens with two attached hydrogens (primary N) is 1. The number of primary amides is 1. The normalized spacial score (nSPS) is 21.2. The van der Waals surface area contributed by atoms with Gasteiger partial charge in [0.05, 0.1) is 6.10 Å². The van der Waals surface area contributed by atoms with Gasteiger partial charge < -0.3 is 14.9 Å². The summed E-state index contributed by atoms with van der Waals surface area (Å²) in [5.41, 5.74) is 7.08. The van der Waals surface area contributed by atoms with E-state index in [0.29, 0.717) is 5.15 Å². The lowest BCUT2D eigenvalue weighted by Crippen LogP contribution is -2.42. The lowest BCUT2D eigenvalue weighted by molar-refractivity contribution is 0.126. The molecule has 0 aliphatic heterocycles. The standard InChI is InChI=1S/C17H27ClN2O3Si/c1-17(2,3)24(4,5)23-13-7-6-11(10-22-16(19)21)12-8-9-20-15(18)14(12)13/h8-9,11,13H,6-7,10H2,1-5H3,(H2,19,21)/t11-,13-/m0/s1. The van der Waals surface area contributed by atoms with Crippen LogP contribution < -0.4 is 5.73 Å². The Morgan fingerprint density at radius 3 is 2.67 bits per heavy atom. The van der Waals surface area contributed by atoms with Crippen molar-refractivity contribution >= 4 is 26.0 Å². The van der Waals surface area contributed by atoms with E-state index in [2.05, 4.69) is 38.8 Å². The van der Waals surface area contributed by atoms with E-state index in [-0.39, 0.29) is 23.7 Å². The highest BCUT2D eigenvalue weighted by molar-refractivity contribution is 6.74. The van der Waals surface area contributed by atoms with Crippen molar-refractivity contribution < 1.29 is 14.0 Å². The zero-order valence-electron chi connectivity index (χ0n) is 15.1. The molecule has 0 spiro atoms. The second-order valence-electron chi connectivity index (χ2n) is 7.88. The van der Waals surface area contributed by atoms with Crippen molar-refractivity contribution in [1.29, 1.82) is 0 Å². The Bertz CT molecular complexity index is 616. The lowest BCUT2D eigenvalue weighted by Gasteiger charge is -2.42. The van der Waals surface area contributed by atoms with Crippen LogP contribution in [0.1, 0.15) is 56.8 Å². The molecule has 0 bridgehead atoms. The van der Waals surface area contributed by atoms with E-state index in [0.717, 1.165) is 24.0 Å². The Labute approximate surface area is 150 Å². The number of hydrogen-bond acceptors (Lipinski definition) is 4. The van der Waals surface area contributed by atoms with Gasteiger partial charge in [0.2, 0.25) is 0 Å². The van der Waals surface area contributed by atoms with Gasteiger partial charge in [0.15, 0.2) is 8.32 Å². The fraction of sp³-hybridized carbons (Fsp3) is 0.647. The first-order chi connectivity index (χ1) is 11.0. The molecule has 0 fully saturated rings. The van der Waals surface area contributed by atoms with Crippen molar-refractivity contribution in [2.24, 2.45) is 5.73 Å². The van der Waals surface area contributed by atoms with Crippen LogP contribution in [0, 0.1) is 0 Å². The number of ether oxygens (including phenoxy) is 1. The Balaban J connectivity index is 2.31. The summed E-state index contributed by atoms with van der Waals surface area (Å²) < 4.78 is 11.6. The molecule has 7 heteroatoms. The van der Waals surface area contributed by atoms with Gasteiger partial charge in [-0.1, -0.05) is 32.4 Å². The molecule has 1 aliphatic carbocycles. The third-order valence-corrected chi connectivity index (χ3v) is 9.97. The Kier molecular flexibility index (Phi) is 5.62. The molecule has 1 heterocycles. The first-order valence-corrected chi connectivity index (χ1v) is 11.6. The van der Waals surface area contributed by atoms with Gasteiger partial charge >= 0.3 is 6.09 Å². The maximum Gasteiger partial charge on any atom is 0.404 e. The summed E-state index contributed by atoms with van der Waals surface area (Å²) in [6, 6.07) is 1.94. The summed E-state index contributed by atoms with van der Waals surface area (Å²) in [5, 5.41) is 0.591. The Morgan fingerprint density at radius 1 is 1.42 bits per heavy atom. The van der Waals surface area contributed by atoms with Gasteiger partial charge in [0, 0.05) is 17.7 Å². The number of hydrogen-bond donors (Lipinski definition) is 1. The summed E-state index contributed by atoms with van der Waals surface area (Å²) in [5.74, 6) is 0.0762. The molecule has 2 rings (SSSR count). The molecule has 1 aromatic heterocycles. The maximum absolute atomic E-state index is 10.9. The second-order valence-corrected chi connectivity index (χ2v) is 13.0. The fourth-order valence-electron chi connectivity index (χ4n) is 2.79. The average molecular weight is 371 g/mol. The number of amides is 1. The lowest BCUT2D eigenvalue weighted by atomic mass is 9.83. The van der Waals surface area contributed by atoms with E-state index >= 15 is 0 Å². The number of rotatable bonds is 4. The number of halogens is 1. The third-order valence-electron chi connectivity index (χ3n) is 5.18. The molecular weight excluding hydrogens is 344 g/mol. The summed E-state index contributed by atoms with van der Waals surface area (Å²) in [6.45, 7) is 11.4. The molecular formula is C17H27ClN2O3Si. The smallest absolute Gasteiger partial charge is 0.404 e. The number of pyridine rings is 1. The highest BCUT2D eigenvalue weighted by Gasteiger charge is 2.41. The van der Waals surface area contributed by atoms with E-state index in [1.54, 1.807) is 6.20 Å². The molecule has 134 valence electrons. The summed E-state index contributed by atoms with van der Waals surface area (Å²) in [7, 11) is -1.93. The van der Waals surface area contributed by atoms with Crippen LogP contribution >= 0.6 is 11.6 Å². The summed E-state index contributed by atoms with van der Waals surface area (Å²) in [6.07, 6.45) is 2.56. The number of aromatic nitrogens is 1. The van der Waals surface area contributed by atoms with Gasteiger partial charge in [-0.05, 0) is 42.6 Å². The largest absolute Gasteiger partial charge is 0.449 e. The van der Waals surface area contributed by atoms with E-state index < -0.39 is 14.4 Å². The van der Waals surface area contributed by atoms with E-state index in [1.807, 2.05) is 6.07 Å². The van der Waals surface area contributed by atoms with Crippen molar-refractivity contribution in [3.63, 3.8) is 0 Å². The zero-order chi connectivity index (χ0) is 18.1. The van der Waals surface area contributed by atoms with Crippen molar-refractivity contribution in [2.75, 3.05) is 6.61 Å². The first-order valence-electron chi connectivity index (χ1n) is 8.27. The van der Waals surface area contributed by atoms with Crippen LogP contribution in [-0.4, -0.2) is 26.0 Å². The van der Waals surface area contributed by atoms with Crippen molar-refractivity contribution in [3.8, 4) is 0 Å². The van der Waals surface area contributed by atoms with Crippen LogP contribution in [0.15, 0.2) is 12.3 Å². The minimum Gasteiger partial charge on any atom is -0.449 e. The quantitative estimate of drug-likeness (QED) is 0.611. The van der Waals surface area contributed by atoms with E-state index in [4.69, 9.17) is 26.5 Å². The van der Waals surface area contributed by atoms with Gasteiger partial charge in [-0.3, -0.25) is 0 Å². The molecule has 0 radical (unpaired) electrons. The first kappa shape index (κ1) is 19.2. The van der Waals surface area contributed by atoms with Crippen molar-refractivity contribution in [1.82, 2.24) is 4.98 Å². The van der Waals surface area contributed by atoms with Gasteiger partial charge in [0.1, 0.15) is 11.8 Å². The predicted octanol–water partition coefficient (Wildman–Crippen LogP) is 4.77. The van der Waals surface area contributed by atoms with Gasteiger partial charge in [0.25, 0.3) is 0 Å². The Hall–Kier alpha value is -1.11. The third kappa shape index (κ3) is 4.10. The van der Waals surface area contributed by atoms with Crippen LogP contribution in [0.5, 0.6) is 0 Å². The number of carbonyl (C=O) groups excluding carboxylic acids is 1. The molecule has 5 nitrogen and oxygen atoms in total. The summed E-state index contributed by atoms with van der Waals surface area (Å²) in [4.78, 5) is 15.2. The number of nitrogens with zero attached hydrogens (tertiary/aromatic N) is 1. The molecule has 1 amide bonds. The van der Waals surface area contributed by atoms with Crippen LogP contribution in [0.25, 0.3) is 0 Å². The minimum atomic E-state index is -1.93. The van der Waals surface area contributed by atoms with Gasteiger partial charge in [-0.25, -0.2) is 9.78 Å². The molecule has 0 aromatic carbocycles. The van der Waals surface area contributed by atoms with E-state index in [1.165, 1.54) is 0 Å². The van der Waals surface area contributed by atoms with Gasteiger partial charge in [-0.15, -0.1) is 0 Å². The molecule has 2 N–H and O–H groups in total. The molecule has 1 aliphatic rings. The SMILES string of the molecule is CC(C)(C)[Si](C)(C)O[C@H]1CC[C@@H](COC(N)=O)c2ccnc(Cl)c21. The van der Waals surface area contributed by atoms with Crippen LogP contribution in [0.3, 0.4) is 0 Å². The topological polar surface area (TPSA) is 74.4 Å². The predicted molar refractivity (Wildman–Crippen MR) is 97.8 cm³/mol. The molecule has 0 saturated carbocycles. The van der Waals surface area contributed by atoms with Gasteiger partial charge in [-0.2, -0.15) is 0 Å². The number of carbonyl (C=O) groups is 1. The highest BCUT2D eigenvalue weighted by atomic mass is 35.5. The van der Waals surface area contributed by atoms with Crippen LogP contribution in [0.2, 0.25) is 23.3 Å². The van der Waals surface area contributed by atoms with Crippen molar-refractivity contribution in [3.05, 3.63) is 28.5 Å². The zero-order valence-corrected chi connectivity index (χ0v) is 16.8. The monoisotopic (exact) mass is 370 g/mol. The van der Waals surface area contributed by atoms with Crippen LogP contribution in [0.4, 0.5) is 4.79 Å². The fourth-order valence-corrected chi connectivity index (χ4v) is 4.38. The molecule has 24 heavy (non-hydrogen) atoms. The second kappa shape index (κ2) is 7.02. The molecule has 0 saturated heterocycles. The number of fused-ring (bicyclic) bond motifs is 1. The van der Waals surface area contributed by atoms with E-state index in [9.17, 15) is 4.79 Å². The minimum absolute atomic E-state index is 0.0630. The summed E-state index contributed by atoms with van der Waals surface area (Å²) >= 11 is 6.40. The Morgan fingerprint density at radius 2 is 2.08 bits per heavy atom. The molecule has 0 unspecified atom stereocenters. The molecule has 2 atom stereocenters. The van der Waals surface area contributed by atoms with Crippen LogP contribution in [-0.2, 0) is 9.16 Å².